The summed E-state index contributed by atoms with van der Waals surface area (Å²) in [7, 11) is 20.0. The van der Waals surface area contributed by atoms with Crippen LogP contribution in [0.1, 0.15) is 0 Å². The van der Waals surface area contributed by atoms with Crippen LogP contribution in [0.5, 0.6) is 0 Å². The van der Waals surface area contributed by atoms with Gasteiger partial charge in [0.1, 0.15) is 0 Å². The molecule has 0 saturated heterocycles. The van der Waals surface area contributed by atoms with E-state index in [1.165, 1.54) is 0 Å². The van der Waals surface area contributed by atoms with Crippen molar-refractivity contribution in [3.8, 4) is 0 Å². The molecule has 0 bridgehead atoms. The molecule has 2 nitrogen and oxygen atoms in total. The van der Waals surface area contributed by atoms with Gasteiger partial charge in [-0.2, -0.15) is 0 Å². The molecule has 0 rings (SSSR count). The molecule has 2 radical (unpaired) electrons. The Morgan fingerprint density at radius 1 is 0.714 bits per heavy atom. The number of hydrogen-bond donors (Lipinski definition) is 0. The van der Waals surface area contributed by atoms with E-state index in [1.807, 2.05) is 0 Å². The van der Waals surface area contributed by atoms with Crippen LogP contribution >= 0.6 is 37.7 Å². The number of halogens is 4. The second kappa shape index (κ2) is 5.90. The molecule has 0 aromatic heterocycles. The van der Waals surface area contributed by atoms with Crippen molar-refractivity contribution in [1.82, 2.24) is 0 Å². The molecule has 0 fully saturated rings. The zero-order valence-corrected chi connectivity index (χ0v) is 8.12. The van der Waals surface area contributed by atoms with Gasteiger partial charge in [-0.3, -0.25) is 0 Å². The maximum absolute atomic E-state index is 5.01. The largest absolute Gasteiger partial charge is 0.826 e. The fraction of sp³-hybridized carbons (Fsp3) is 0. The first-order valence-corrected chi connectivity index (χ1v) is 11.7. The van der Waals surface area contributed by atoms with Crippen LogP contribution in [0.4, 0.5) is 0 Å². The Labute approximate surface area is 61.5 Å². The SMILES string of the molecule is [Cl][Pt+2]([Cl])([Cl])[Cl].[NH-].[NH-]. The fourth-order valence-electron chi connectivity index (χ4n) is 0. The summed E-state index contributed by atoms with van der Waals surface area (Å²) in [6.07, 6.45) is 0. The van der Waals surface area contributed by atoms with Gasteiger partial charge in [0, 0.05) is 0 Å². The molecule has 0 aliphatic heterocycles. The molecule has 0 atom stereocenters. The summed E-state index contributed by atoms with van der Waals surface area (Å²) in [6.45, 7) is 0. The third-order valence-electron chi connectivity index (χ3n) is 0. The topological polar surface area (TPSA) is 64.0 Å². The molecule has 0 aliphatic rings. The van der Waals surface area contributed by atoms with E-state index in [-0.39, 0.29) is 12.3 Å². The van der Waals surface area contributed by atoms with Crippen LogP contribution in [-0.4, -0.2) is 0 Å². The summed E-state index contributed by atoms with van der Waals surface area (Å²) in [5.41, 5.74) is 0. The molecule has 0 saturated carbocycles. The van der Waals surface area contributed by atoms with Crippen molar-refractivity contribution in [2.45, 2.75) is 0 Å². The Hall–Kier alpha value is 1.77. The minimum Gasteiger partial charge on any atom is -0.826 e. The van der Waals surface area contributed by atoms with Crippen LogP contribution in [0.25, 0.3) is 12.3 Å². The minimum absolute atomic E-state index is 0. The van der Waals surface area contributed by atoms with E-state index >= 15 is 0 Å². The molecule has 0 unspecified atom stereocenters. The van der Waals surface area contributed by atoms with Crippen molar-refractivity contribution in [1.29, 1.82) is 0 Å². The molecule has 0 amide bonds. The zero-order chi connectivity index (χ0) is 4.50. The third kappa shape index (κ3) is 82.7. The van der Waals surface area contributed by atoms with Gasteiger partial charge in [0.15, 0.2) is 0 Å². The van der Waals surface area contributed by atoms with Crippen LogP contribution in [0, 0.1) is 0 Å². The quantitative estimate of drug-likeness (QED) is 0.626. The van der Waals surface area contributed by atoms with E-state index in [4.69, 9.17) is 37.7 Å². The monoisotopic (exact) mass is 365 g/mol. The van der Waals surface area contributed by atoms with Gasteiger partial charge in [0.25, 0.3) is 0 Å². The van der Waals surface area contributed by atoms with E-state index in [9.17, 15) is 0 Å². The van der Waals surface area contributed by atoms with Crippen molar-refractivity contribution in [2.24, 2.45) is 0 Å². The summed E-state index contributed by atoms with van der Waals surface area (Å²) in [5.74, 6) is 0. The number of nitrogens with one attached hydrogen (secondary N) is 2. The minimum atomic E-state index is -3.06. The summed E-state index contributed by atoms with van der Waals surface area (Å²) in [4.78, 5) is 0. The average molecular weight is 367 g/mol. The molecule has 0 heterocycles. The molecule has 2 N–H and O–H groups in total. The first kappa shape index (κ1) is 15.9. The zero-order valence-electron chi connectivity index (χ0n) is 2.83. The van der Waals surface area contributed by atoms with Crippen LogP contribution in [0.15, 0.2) is 0 Å². The van der Waals surface area contributed by atoms with Gasteiger partial charge < -0.3 is 12.3 Å². The Bertz CT molecular complexity index is 25.2. The summed E-state index contributed by atoms with van der Waals surface area (Å²) in [5, 5.41) is 0. The van der Waals surface area contributed by atoms with Crippen LogP contribution in [0.3, 0.4) is 0 Å². The van der Waals surface area contributed by atoms with Gasteiger partial charge in [-0.1, -0.05) is 0 Å². The molecular weight excluding hydrogens is 365 g/mol. The fourth-order valence-corrected chi connectivity index (χ4v) is 0. The molecule has 7 heavy (non-hydrogen) atoms. The Morgan fingerprint density at radius 3 is 0.714 bits per heavy atom. The molecule has 0 spiro atoms. The molecule has 0 aromatic carbocycles. The molecule has 0 aliphatic carbocycles. The number of rotatable bonds is 0. The summed E-state index contributed by atoms with van der Waals surface area (Å²) in [6, 6.07) is 0. The first-order chi connectivity index (χ1) is 2.00. The van der Waals surface area contributed by atoms with Crippen LogP contribution in [-0.2, 0) is 11.9 Å². The van der Waals surface area contributed by atoms with Gasteiger partial charge in [-0.15, -0.1) is 0 Å². The molecule has 50 valence electrons. The van der Waals surface area contributed by atoms with Gasteiger partial charge in [-0.05, 0) is 0 Å². The normalized spacial score (nSPS) is 10.9. The van der Waals surface area contributed by atoms with E-state index in [2.05, 4.69) is 0 Å². The predicted molar refractivity (Wildman–Crippen MR) is 32.1 cm³/mol. The smallest absolute Gasteiger partial charge is 0.826 e. The standard InChI is InChI=1S/4ClH.2HN.Pt/h6*1H;/q;;;;2*-1;+6/p-4. The van der Waals surface area contributed by atoms with Gasteiger partial charge >= 0.3 is 49.6 Å². The van der Waals surface area contributed by atoms with Gasteiger partial charge in [0.05, 0.1) is 0 Å². The maximum atomic E-state index is 5.01. The van der Waals surface area contributed by atoms with E-state index in [0.717, 1.165) is 0 Å². The van der Waals surface area contributed by atoms with Crippen LogP contribution in [0.2, 0.25) is 0 Å². The second-order valence-corrected chi connectivity index (χ2v) is 20.0. The van der Waals surface area contributed by atoms with Crippen molar-refractivity contribution in [3.63, 3.8) is 0 Å². The predicted octanol–water partition coefficient (Wildman–Crippen LogP) is 3.76. The summed E-state index contributed by atoms with van der Waals surface area (Å²) < 4.78 is 0. The third-order valence-corrected chi connectivity index (χ3v) is 0. The second-order valence-electron chi connectivity index (χ2n) is 0.271. The molecule has 0 aromatic rings. The number of hydrogen-bond acceptors (Lipinski definition) is 0. The Kier molecular flexibility index (Phi) is 13.4. The van der Waals surface area contributed by atoms with E-state index < -0.39 is 11.9 Å². The van der Waals surface area contributed by atoms with Crippen molar-refractivity contribution >= 4 is 37.7 Å². The molecule has 7 heteroatoms. The van der Waals surface area contributed by atoms with Crippen molar-refractivity contribution in [3.05, 3.63) is 12.3 Å². The maximum Gasteiger partial charge on any atom is -0.826 e. The first-order valence-electron chi connectivity index (χ1n) is 0.478. The van der Waals surface area contributed by atoms with Gasteiger partial charge in [-0.25, -0.2) is 0 Å². The van der Waals surface area contributed by atoms with Crippen LogP contribution < -0.4 is 0 Å². The van der Waals surface area contributed by atoms with Crippen molar-refractivity contribution in [2.75, 3.05) is 0 Å². The summed E-state index contributed by atoms with van der Waals surface area (Å²) >= 11 is -3.06. The molecular formula is H2Cl4N2Pt. The van der Waals surface area contributed by atoms with Gasteiger partial charge in [0.2, 0.25) is 0 Å². The van der Waals surface area contributed by atoms with Crippen molar-refractivity contribution < 1.29 is 11.9 Å². The van der Waals surface area contributed by atoms with E-state index in [0.29, 0.717) is 0 Å². The Morgan fingerprint density at radius 2 is 0.714 bits per heavy atom. The average Bonchev–Trinajstić information content (AvgIpc) is 0.722. The van der Waals surface area contributed by atoms with E-state index in [1.54, 1.807) is 0 Å². The Balaban J connectivity index is -0.0000000800.